The van der Waals surface area contributed by atoms with Crippen molar-refractivity contribution >= 4 is 11.4 Å². The smallest absolute Gasteiger partial charge is 0.369 e. The SMILES string of the molecule is CN(C)C1CCN(c2ccc([N+](=O)[O-])cc2C(F)(F)F)C1. The normalized spacial score (nSPS) is 19.3. The van der Waals surface area contributed by atoms with Crippen molar-refractivity contribution in [1.29, 1.82) is 0 Å². The Morgan fingerprint density at radius 3 is 2.52 bits per heavy atom. The van der Waals surface area contributed by atoms with Gasteiger partial charge in [0.05, 0.1) is 10.5 Å². The Hall–Kier alpha value is -1.83. The van der Waals surface area contributed by atoms with Crippen LogP contribution in [0.1, 0.15) is 12.0 Å². The molecule has 0 spiro atoms. The molecule has 2 rings (SSSR count). The van der Waals surface area contributed by atoms with Gasteiger partial charge in [0.1, 0.15) is 0 Å². The number of halogens is 3. The minimum absolute atomic E-state index is 0.0115. The molecule has 1 aliphatic rings. The molecule has 1 heterocycles. The number of benzene rings is 1. The number of hydrogen-bond acceptors (Lipinski definition) is 4. The third-order valence-electron chi connectivity index (χ3n) is 3.73. The molecule has 0 bridgehead atoms. The quantitative estimate of drug-likeness (QED) is 0.636. The summed E-state index contributed by atoms with van der Waals surface area (Å²) in [5, 5.41) is 10.7. The highest BCUT2D eigenvalue weighted by Crippen LogP contribution is 2.39. The van der Waals surface area contributed by atoms with Crippen LogP contribution in [0.2, 0.25) is 0 Å². The first-order valence-electron chi connectivity index (χ1n) is 6.47. The van der Waals surface area contributed by atoms with Crippen LogP contribution in [0.5, 0.6) is 0 Å². The van der Waals surface area contributed by atoms with E-state index in [-0.39, 0.29) is 11.7 Å². The van der Waals surface area contributed by atoms with E-state index in [1.54, 1.807) is 4.90 Å². The molecule has 1 saturated heterocycles. The predicted octanol–water partition coefficient (Wildman–Crippen LogP) is 2.75. The van der Waals surface area contributed by atoms with Gasteiger partial charge in [-0.05, 0) is 26.6 Å². The maximum Gasteiger partial charge on any atom is 0.418 e. The molecule has 21 heavy (non-hydrogen) atoms. The third-order valence-corrected chi connectivity index (χ3v) is 3.73. The van der Waals surface area contributed by atoms with Crippen LogP contribution >= 0.6 is 0 Å². The molecule has 0 amide bonds. The van der Waals surface area contributed by atoms with Crippen LogP contribution in [0.25, 0.3) is 0 Å². The Morgan fingerprint density at radius 2 is 2.05 bits per heavy atom. The second kappa shape index (κ2) is 5.51. The maximum atomic E-state index is 13.1. The molecule has 1 aromatic carbocycles. The van der Waals surface area contributed by atoms with Crippen molar-refractivity contribution in [3.8, 4) is 0 Å². The van der Waals surface area contributed by atoms with Crippen molar-refractivity contribution in [3.63, 3.8) is 0 Å². The van der Waals surface area contributed by atoms with E-state index in [4.69, 9.17) is 0 Å². The average Bonchev–Trinajstić information content (AvgIpc) is 2.86. The summed E-state index contributed by atoms with van der Waals surface area (Å²) in [5.74, 6) is 0. The summed E-state index contributed by atoms with van der Waals surface area (Å²) >= 11 is 0. The molecule has 1 atom stereocenters. The number of non-ortho nitro benzene ring substituents is 1. The fourth-order valence-corrected chi connectivity index (χ4v) is 2.52. The molecule has 0 saturated carbocycles. The van der Waals surface area contributed by atoms with Crippen LogP contribution in [0.4, 0.5) is 24.5 Å². The number of hydrogen-bond donors (Lipinski definition) is 0. The number of nitro groups is 1. The van der Waals surface area contributed by atoms with Crippen molar-refractivity contribution in [2.75, 3.05) is 32.1 Å². The minimum atomic E-state index is -4.61. The topological polar surface area (TPSA) is 49.6 Å². The van der Waals surface area contributed by atoms with Crippen LogP contribution < -0.4 is 4.90 Å². The van der Waals surface area contributed by atoms with E-state index in [1.165, 1.54) is 6.07 Å². The summed E-state index contributed by atoms with van der Waals surface area (Å²) in [6.07, 6.45) is -3.85. The van der Waals surface area contributed by atoms with Gasteiger partial charge in [0.15, 0.2) is 0 Å². The van der Waals surface area contributed by atoms with Gasteiger partial charge >= 0.3 is 6.18 Å². The van der Waals surface area contributed by atoms with Crippen LogP contribution in [0.15, 0.2) is 18.2 Å². The molecular formula is C13H16F3N3O2. The zero-order chi connectivity index (χ0) is 15.8. The highest BCUT2D eigenvalue weighted by Gasteiger charge is 2.38. The van der Waals surface area contributed by atoms with E-state index < -0.39 is 22.4 Å². The van der Waals surface area contributed by atoms with Gasteiger partial charge in [-0.25, -0.2) is 0 Å². The van der Waals surface area contributed by atoms with Crippen molar-refractivity contribution < 1.29 is 18.1 Å². The van der Waals surface area contributed by atoms with Crippen LogP contribution in [-0.4, -0.2) is 43.0 Å². The van der Waals surface area contributed by atoms with Crippen molar-refractivity contribution in [2.45, 2.75) is 18.6 Å². The predicted molar refractivity (Wildman–Crippen MR) is 72.4 cm³/mol. The molecule has 0 aromatic heterocycles. The van der Waals surface area contributed by atoms with E-state index in [0.717, 1.165) is 12.5 Å². The Morgan fingerprint density at radius 1 is 1.38 bits per heavy atom. The highest BCUT2D eigenvalue weighted by molar-refractivity contribution is 5.60. The molecule has 1 unspecified atom stereocenters. The van der Waals surface area contributed by atoms with E-state index in [1.807, 2.05) is 19.0 Å². The van der Waals surface area contributed by atoms with Gasteiger partial charge in [0.2, 0.25) is 0 Å². The Kier molecular flexibility index (Phi) is 4.08. The van der Waals surface area contributed by atoms with Gasteiger partial charge < -0.3 is 9.80 Å². The average molecular weight is 303 g/mol. The number of anilines is 1. The van der Waals surface area contributed by atoms with Crippen molar-refractivity contribution in [3.05, 3.63) is 33.9 Å². The molecule has 1 aromatic rings. The molecular weight excluding hydrogens is 287 g/mol. The molecule has 0 radical (unpaired) electrons. The summed E-state index contributed by atoms with van der Waals surface area (Å²) in [6.45, 7) is 0.984. The van der Waals surface area contributed by atoms with Gasteiger partial charge in [-0.15, -0.1) is 0 Å². The number of rotatable bonds is 3. The second-order valence-corrected chi connectivity index (χ2v) is 5.31. The van der Waals surface area contributed by atoms with Crippen molar-refractivity contribution in [1.82, 2.24) is 4.90 Å². The monoisotopic (exact) mass is 303 g/mol. The minimum Gasteiger partial charge on any atom is -0.369 e. The zero-order valence-electron chi connectivity index (χ0n) is 11.7. The molecule has 0 aliphatic carbocycles. The van der Waals surface area contributed by atoms with Gasteiger partial charge in [-0.3, -0.25) is 10.1 Å². The van der Waals surface area contributed by atoms with E-state index >= 15 is 0 Å². The van der Waals surface area contributed by atoms with Gasteiger partial charge in [-0.1, -0.05) is 0 Å². The standard InChI is InChI=1S/C13H16F3N3O2/c1-17(2)10-5-6-18(8-10)12-4-3-9(19(20)21)7-11(12)13(14,15)16/h3-4,7,10H,5-6,8H2,1-2H3. The van der Waals surface area contributed by atoms with Gasteiger partial charge in [-0.2, -0.15) is 13.2 Å². The fraction of sp³-hybridized carbons (Fsp3) is 0.538. The Balaban J connectivity index is 2.38. The number of nitrogens with zero attached hydrogens (tertiary/aromatic N) is 3. The summed E-state index contributed by atoms with van der Waals surface area (Å²) < 4.78 is 39.4. The number of alkyl halides is 3. The van der Waals surface area contributed by atoms with E-state index in [2.05, 4.69) is 0 Å². The lowest BCUT2D eigenvalue weighted by atomic mass is 10.1. The Labute approximate surface area is 120 Å². The molecule has 8 heteroatoms. The summed E-state index contributed by atoms with van der Waals surface area (Å²) in [6, 6.07) is 3.10. The first-order chi connectivity index (χ1) is 9.70. The van der Waals surface area contributed by atoms with E-state index in [0.29, 0.717) is 19.2 Å². The van der Waals surface area contributed by atoms with Crippen molar-refractivity contribution in [2.24, 2.45) is 0 Å². The lowest BCUT2D eigenvalue weighted by Gasteiger charge is -2.24. The van der Waals surface area contributed by atoms with Gasteiger partial charge in [0.25, 0.3) is 5.69 Å². The lowest BCUT2D eigenvalue weighted by molar-refractivity contribution is -0.385. The largest absolute Gasteiger partial charge is 0.418 e. The van der Waals surface area contributed by atoms with Crippen LogP contribution in [-0.2, 0) is 6.18 Å². The molecule has 1 aliphatic heterocycles. The fourth-order valence-electron chi connectivity index (χ4n) is 2.52. The van der Waals surface area contributed by atoms with Gasteiger partial charge in [0, 0.05) is 37.0 Å². The lowest BCUT2D eigenvalue weighted by Crippen LogP contribution is -2.32. The molecule has 0 N–H and O–H groups in total. The molecule has 116 valence electrons. The number of nitro benzene ring substituents is 1. The third kappa shape index (κ3) is 3.26. The zero-order valence-corrected chi connectivity index (χ0v) is 11.7. The summed E-state index contributed by atoms with van der Waals surface area (Å²) in [5.41, 5.74) is -1.48. The first kappa shape index (κ1) is 15.6. The highest BCUT2D eigenvalue weighted by atomic mass is 19.4. The molecule has 1 fully saturated rings. The Bertz CT molecular complexity index is 546. The molecule has 5 nitrogen and oxygen atoms in total. The van der Waals surface area contributed by atoms with Crippen LogP contribution in [0, 0.1) is 10.1 Å². The maximum absolute atomic E-state index is 13.1. The summed E-state index contributed by atoms with van der Waals surface area (Å²) in [4.78, 5) is 13.5. The first-order valence-corrected chi connectivity index (χ1v) is 6.47. The second-order valence-electron chi connectivity index (χ2n) is 5.31. The van der Waals surface area contributed by atoms with Crippen LogP contribution in [0.3, 0.4) is 0 Å². The summed E-state index contributed by atoms with van der Waals surface area (Å²) in [7, 11) is 3.77. The van der Waals surface area contributed by atoms with E-state index in [9.17, 15) is 23.3 Å². The number of likely N-dealkylation sites (N-methyl/N-ethyl adjacent to an activating group) is 1.